The van der Waals surface area contributed by atoms with Gasteiger partial charge in [-0.25, -0.2) is 18.4 Å². The van der Waals surface area contributed by atoms with E-state index >= 15 is 0 Å². The van der Waals surface area contributed by atoms with Crippen LogP contribution >= 0.6 is 0 Å². The minimum Gasteiger partial charge on any atom is -0.449 e. The third-order valence-corrected chi connectivity index (χ3v) is 6.66. The fourth-order valence-electron chi connectivity index (χ4n) is 4.03. The van der Waals surface area contributed by atoms with Crippen molar-refractivity contribution in [3.05, 3.63) is 65.4 Å². The van der Waals surface area contributed by atoms with Gasteiger partial charge in [0.25, 0.3) is 5.91 Å². The summed E-state index contributed by atoms with van der Waals surface area (Å²) in [5.74, 6) is -1.09. The van der Waals surface area contributed by atoms with E-state index in [2.05, 4.69) is 5.32 Å². The predicted molar refractivity (Wildman–Crippen MR) is 124 cm³/mol. The molecule has 4 rings (SSSR count). The molecule has 1 aromatic heterocycles. The molecule has 1 aliphatic carbocycles. The van der Waals surface area contributed by atoms with Crippen molar-refractivity contribution < 1.29 is 22.7 Å². The Bertz CT molecular complexity index is 1320. The molecule has 33 heavy (non-hydrogen) atoms. The number of aromatic nitrogens is 1. The lowest BCUT2D eigenvalue weighted by atomic mass is 9.97. The first kappa shape index (κ1) is 22.9. The van der Waals surface area contributed by atoms with Gasteiger partial charge in [0.15, 0.2) is 6.10 Å². The highest BCUT2D eigenvalue weighted by Crippen LogP contribution is 2.29. The Labute approximate surface area is 192 Å². The maximum absolute atomic E-state index is 13.3. The summed E-state index contributed by atoms with van der Waals surface area (Å²) < 4.78 is 28.3. The Morgan fingerprint density at radius 2 is 1.73 bits per heavy atom. The summed E-state index contributed by atoms with van der Waals surface area (Å²) in [6, 6.07) is 12.9. The number of primary sulfonamides is 1. The van der Waals surface area contributed by atoms with Crippen LogP contribution in [-0.4, -0.2) is 31.4 Å². The molecule has 9 heteroatoms. The number of carbonyl (C=O) groups excluding carboxylic acids is 2. The monoisotopic (exact) mass is 467 g/mol. The van der Waals surface area contributed by atoms with Crippen LogP contribution in [0, 0.1) is 0 Å². The lowest BCUT2D eigenvalue weighted by Gasteiger charge is -2.18. The number of rotatable bonds is 5. The number of hydrogen-bond donors (Lipinski definition) is 2. The van der Waals surface area contributed by atoms with Gasteiger partial charge in [-0.2, -0.15) is 0 Å². The zero-order valence-electron chi connectivity index (χ0n) is 18.2. The summed E-state index contributed by atoms with van der Waals surface area (Å²) in [5, 5.41) is 8.43. The third-order valence-electron chi connectivity index (χ3n) is 5.73. The van der Waals surface area contributed by atoms with Crippen molar-refractivity contribution in [2.24, 2.45) is 5.14 Å². The van der Waals surface area contributed by atoms with Crippen LogP contribution in [0.25, 0.3) is 10.9 Å². The molecule has 1 amide bonds. The maximum Gasteiger partial charge on any atom is 0.339 e. The van der Waals surface area contributed by atoms with Crippen molar-refractivity contribution >= 4 is 38.5 Å². The molecule has 3 aromatic rings. The first-order valence-corrected chi connectivity index (χ1v) is 12.3. The van der Waals surface area contributed by atoms with E-state index in [1.54, 1.807) is 0 Å². The molecule has 0 spiro atoms. The van der Waals surface area contributed by atoms with Gasteiger partial charge in [0, 0.05) is 16.8 Å². The lowest BCUT2D eigenvalue weighted by Crippen LogP contribution is -2.30. The molecule has 172 valence electrons. The minimum atomic E-state index is -3.83. The van der Waals surface area contributed by atoms with Gasteiger partial charge in [-0.1, -0.05) is 24.6 Å². The van der Waals surface area contributed by atoms with Gasteiger partial charge in [0.2, 0.25) is 10.0 Å². The van der Waals surface area contributed by atoms with Crippen LogP contribution in [0.2, 0.25) is 0 Å². The number of amides is 1. The summed E-state index contributed by atoms with van der Waals surface area (Å²) in [6.45, 7) is 1.49. The fourth-order valence-corrected chi connectivity index (χ4v) is 4.54. The number of aryl methyl sites for hydroxylation is 1. The second-order valence-electron chi connectivity index (χ2n) is 8.10. The predicted octanol–water partition coefficient (Wildman–Crippen LogP) is 3.34. The Morgan fingerprint density at radius 3 is 2.45 bits per heavy atom. The fraction of sp³-hybridized carbons (Fsp3) is 0.292. The molecule has 0 unspecified atom stereocenters. The highest BCUT2D eigenvalue weighted by molar-refractivity contribution is 7.89. The number of hydrogen-bond acceptors (Lipinski definition) is 6. The van der Waals surface area contributed by atoms with E-state index < -0.39 is 28.0 Å². The van der Waals surface area contributed by atoms with E-state index in [1.807, 2.05) is 24.3 Å². The van der Waals surface area contributed by atoms with Crippen molar-refractivity contribution in [1.82, 2.24) is 4.98 Å². The molecule has 2 aromatic carbocycles. The molecule has 3 N–H and O–H groups in total. The Kier molecular flexibility index (Phi) is 6.44. The van der Waals surface area contributed by atoms with Crippen LogP contribution in [0.3, 0.4) is 0 Å². The first-order chi connectivity index (χ1) is 15.7. The van der Waals surface area contributed by atoms with Crippen LogP contribution in [0.15, 0.2) is 53.4 Å². The third kappa shape index (κ3) is 5.04. The number of nitrogens with two attached hydrogens (primary N) is 1. The average molecular weight is 468 g/mol. The first-order valence-electron chi connectivity index (χ1n) is 10.8. The number of pyridine rings is 1. The summed E-state index contributed by atoms with van der Waals surface area (Å²) in [7, 11) is -3.83. The van der Waals surface area contributed by atoms with E-state index in [4.69, 9.17) is 14.9 Å². The molecule has 0 saturated heterocycles. The lowest BCUT2D eigenvalue weighted by molar-refractivity contribution is -0.123. The van der Waals surface area contributed by atoms with Gasteiger partial charge in [-0.3, -0.25) is 9.78 Å². The van der Waals surface area contributed by atoms with E-state index in [0.29, 0.717) is 16.6 Å². The number of nitrogens with zero attached hydrogens (tertiary/aromatic N) is 1. The Morgan fingerprint density at radius 1 is 1.03 bits per heavy atom. The van der Waals surface area contributed by atoms with E-state index in [9.17, 15) is 18.0 Å². The second-order valence-corrected chi connectivity index (χ2v) is 9.66. The molecule has 1 aliphatic rings. The smallest absolute Gasteiger partial charge is 0.339 e. The standard InChI is InChI=1S/C24H25N3O5S/c1-15(23(28)26-16-11-13-17(14-12-16)33(25,30)31)32-24(29)22-18-7-3-2-4-9-20(18)27-21-10-6-5-8-19(21)22/h5-6,8,10-15H,2-4,7,9H2,1H3,(H,26,28)(H2,25,30,31)/t15-/m0/s1. The van der Waals surface area contributed by atoms with Gasteiger partial charge in [0.05, 0.1) is 16.0 Å². The molecular weight excluding hydrogens is 442 g/mol. The normalized spacial score (nSPS) is 14.7. The highest BCUT2D eigenvalue weighted by atomic mass is 32.2. The number of anilines is 1. The molecule has 1 atom stereocenters. The second kappa shape index (κ2) is 9.29. The topological polar surface area (TPSA) is 128 Å². The molecule has 0 aliphatic heterocycles. The van der Waals surface area contributed by atoms with Crippen LogP contribution in [0.4, 0.5) is 5.69 Å². The van der Waals surface area contributed by atoms with Crippen molar-refractivity contribution in [1.29, 1.82) is 0 Å². The maximum atomic E-state index is 13.3. The van der Waals surface area contributed by atoms with Crippen LogP contribution in [0.1, 0.15) is 47.8 Å². The van der Waals surface area contributed by atoms with Gasteiger partial charge in [0.1, 0.15) is 0 Å². The number of ether oxygens (including phenoxy) is 1. The summed E-state index contributed by atoms with van der Waals surface area (Å²) in [6.07, 6.45) is 3.56. The minimum absolute atomic E-state index is 0.0646. The zero-order valence-corrected chi connectivity index (χ0v) is 19.0. The number of fused-ring (bicyclic) bond motifs is 2. The molecule has 0 radical (unpaired) electrons. The number of benzene rings is 2. The molecule has 0 bridgehead atoms. The molecule has 8 nitrogen and oxygen atoms in total. The number of esters is 1. The van der Waals surface area contributed by atoms with Gasteiger partial charge in [-0.05, 0) is 68.5 Å². The van der Waals surface area contributed by atoms with Crippen molar-refractivity contribution in [2.75, 3.05) is 5.32 Å². The summed E-state index contributed by atoms with van der Waals surface area (Å²) >= 11 is 0. The number of para-hydroxylation sites is 1. The molecule has 0 saturated carbocycles. The Balaban J connectivity index is 1.55. The molecule has 0 fully saturated rings. The number of carbonyl (C=O) groups is 2. The Hall–Kier alpha value is -3.30. The van der Waals surface area contributed by atoms with Crippen LogP contribution < -0.4 is 10.5 Å². The van der Waals surface area contributed by atoms with Gasteiger partial charge in [-0.15, -0.1) is 0 Å². The van der Waals surface area contributed by atoms with E-state index in [-0.39, 0.29) is 4.90 Å². The molecular formula is C24H25N3O5S. The highest BCUT2D eigenvalue weighted by Gasteiger charge is 2.26. The zero-order chi connectivity index (χ0) is 23.6. The van der Waals surface area contributed by atoms with Crippen molar-refractivity contribution in [3.63, 3.8) is 0 Å². The van der Waals surface area contributed by atoms with Gasteiger partial charge < -0.3 is 10.1 Å². The quantitative estimate of drug-likeness (QED) is 0.437. The van der Waals surface area contributed by atoms with Gasteiger partial charge >= 0.3 is 5.97 Å². The van der Waals surface area contributed by atoms with Crippen LogP contribution in [0.5, 0.6) is 0 Å². The number of nitrogens with one attached hydrogen (secondary N) is 1. The van der Waals surface area contributed by atoms with E-state index in [0.717, 1.165) is 48.9 Å². The van der Waals surface area contributed by atoms with Crippen LogP contribution in [-0.2, 0) is 32.4 Å². The average Bonchev–Trinajstić information content (AvgIpc) is 3.02. The SMILES string of the molecule is C[C@H](OC(=O)c1c2c(nc3ccccc13)CCCCC2)C(=O)Nc1ccc(S(N)(=O)=O)cc1. The molecule has 1 heterocycles. The summed E-state index contributed by atoms with van der Waals surface area (Å²) in [4.78, 5) is 30.6. The van der Waals surface area contributed by atoms with Crippen molar-refractivity contribution in [2.45, 2.75) is 50.0 Å². The van der Waals surface area contributed by atoms with Crippen molar-refractivity contribution in [3.8, 4) is 0 Å². The largest absolute Gasteiger partial charge is 0.449 e. The van der Waals surface area contributed by atoms with E-state index in [1.165, 1.54) is 31.2 Å². The summed E-state index contributed by atoms with van der Waals surface area (Å²) in [5.41, 5.74) is 3.40. The number of sulfonamides is 1.